The van der Waals surface area contributed by atoms with E-state index in [0.717, 1.165) is 8.95 Å². The summed E-state index contributed by atoms with van der Waals surface area (Å²) in [6.45, 7) is 0. The van der Waals surface area contributed by atoms with Gasteiger partial charge in [0.05, 0.1) is 5.88 Å². The third kappa shape index (κ3) is 3.22. The van der Waals surface area contributed by atoms with Crippen LogP contribution in [0.3, 0.4) is 0 Å². The maximum absolute atomic E-state index is 13.6. The van der Waals surface area contributed by atoms with Crippen LogP contribution in [0.25, 0.3) is 0 Å². The average molecular weight is 395 g/mol. The van der Waals surface area contributed by atoms with Gasteiger partial charge in [0.1, 0.15) is 0 Å². The van der Waals surface area contributed by atoms with E-state index in [-0.39, 0.29) is 11.6 Å². The molecular formula is C12H7Br2ClFNO. The summed E-state index contributed by atoms with van der Waals surface area (Å²) in [5.41, 5.74) is 0.686. The fourth-order valence-corrected chi connectivity index (χ4v) is 2.23. The fourth-order valence-electron chi connectivity index (χ4n) is 1.32. The Morgan fingerprint density at radius 2 is 2.00 bits per heavy atom. The third-order valence-electron chi connectivity index (χ3n) is 2.14. The summed E-state index contributed by atoms with van der Waals surface area (Å²) in [4.78, 5) is 4.08. The normalized spacial score (nSPS) is 10.4. The standard InChI is InChI=1S/C12H7Br2ClFNO/c13-8-1-2-10(16)11(4-8)18-12-7(5-15)3-9(14)6-17-12/h1-4,6H,5H2. The van der Waals surface area contributed by atoms with E-state index in [2.05, 4.69) is 36.8 Å². The van der Waals surface area contributed by atoms with E-state index in [4.69, 9.17) is 16.3 Å². The Morgan fingerprint density at radius 1 is 1.22 bits per heavy atom. The monoisotopic (exact) mass is 393 g/mol. The molecule has 1 aromatic carbocycles. The molecule has 0 saturated heterocycles. The molecule has 0 aliphatic heterocycles. The Bertz CT molecular complexity index is 580. The lowest BCUT2D eigenvalue weighted by atomic mass is 10.3. The van der Waals surface area contributed by atoms with Gasteiger partial charge >= 0.3 is 0 Å². The molecule has 94 valence electrons. The van der Waals surface area contributed by atoms with Crippen LogP contribution in [0.2, 0.25) is 0 Å². The minimum Gasteiger partial charge on any atom is -0.436 e. The molecule has 18 heavy (non-hydrogen) atoms. The van der Waals surface area contributed by atoms with Crippen LogP contribution in [0, 0.1) is 5.82 Å². The van der Waals surface area contributed by atoms with Gasteiger partial charge in [0, 0.05) is 20.7 Å². The first-order valence-electron chi connectivity index (χ1n) is 4.93. The largest absolute Gasteiger partial charge is 0.436 e. The molecule has 2 nitrogen and oxygen atoms in total. The van der Waals surface area contributed by atoms with Crippen molar-refractivity contribution in [1.29, 1.82) is 0 Å². The molecule has 0 aliphatic carbocycles. The highest BCUT2D eigenvalue weighted by molar-refractivity contribution is 9.10. The van der Waals surface area contributed by atoms with Crippen LogP contribution >= 0.6 is 43.5 Å². The lowest BCUT2D eigenvalue weighted by Gasteiger charge is -2.09. The van der Waals surface area contributed by atoms with Crippen molar-refractivity contribution >= 4 is 43.5 Å². The third-order valence-corrected chi connectivity index (χ3v) is 3.35. The number of alkyl halides is 1. The van der Waals surface area contributed by atoms with Crippen molar-refractivity contribution in [3.05, 3.63) is 50.8 Å². The molecule has 0 amide bonds. The second kappa shape index (κ2) is 5.99. The fraction of sp³-hybridized carbons (Fsp3) is 0.0833. The van der Waals surface area contributed by atoms with Gasteiger partial charge in [0.15, 0.2) is 11.6 Å². The molecule has 0 unspecified atom stereocenters. The van der Waals surface area contributed by atoms with Gasteiger partial charge in [-0.05, 0) is 40.2 Å². The SMILES string of the molecule is Fc1ccc(Br)cc1Oc1ncc(Br)cc1CCl. The Labute approximate surface area is 125 Å². The van der Waals surface area contributed by atoms with E-state index < -0.39 is 5.82 Å². The number of ether oxygens (including phenoxy) is 1. The minimum atomic E-state index is -0.455. The zero-order chi connectivity index (χ0) is 13.1. The molecule has 0 N–H and O–H groups in total. The Hall–Kier alpha value is -0.650. The van der Waals surface area contributed by atoms with Crippen molar-refractivity contribution in [2.24, 2.45) is 0 Å². The van der Waals surface area contributed by atoms with E-state index in [1.54, 1.807) is 18.3 Å². The Kier molecular flexibility index (Phi) is 4.59. The second-order valence-electron chi connectivity index (χ2n) is 3.43. The Balaban J connectivity index is 2.36. The lowest BCUT2D eigenvalue weighted by molar-refractivity contribution is 0.423. The summed E-state index contributed by atoms with van der Waals surface area (Å²) >= 11 is 12.3. The van der Waals surface area contributed by atoms with Crippen LogP contribution < -0.4 is 4.74 Å². The smallest absolute Gasteiger partial charge is 0.223 e. The van der Waals surface area contributed by atoms with Crippen molar-refractivity contribution < 1.29 is 9.13 Å². The highest BCUT2D eigenvalue weighted by Crippen LogP contribution is 2.30. The summed E-state index contributed by atoms with van der Waals surface area (Å²) in [5.74, 6) is 0.177. The molecular weight excluding hydrogens is 388 g/mol. The van der Waals surface area contributed by atoms with Crippen molar-refractivity contribution in [2.45, 2.75) is 5.88 Å². The maximum atomic E-state index is 13.6. The topological polar surface area (TPSA) is 22.1 Å². The van der Waals surface area contributed by atoms with Crippen LogP contribution in [0.5, 0.6) is 11.6 Å². The van der Waals surface area contributed by atoms with E-state index in [9.17, 15) is 4.39 Å². The Morgan fingerprint density at radius 3 is 2.72 bits per heavy atom. The number of rotatable bonds is 3. The zero-order valence-electron chi connectivity index (χ0n) is 8.96. The molecule has 0 aliphatic rings. The van der Waals surface area contributed by atoms with E-state index in [1.807, 2.05) is 0 Å². The van der Waals surface area contributed by atoms with Crippen molar-refractivity contribution in [3.8, 4) is 11.6 Å². The van der Waals surface area contributed by atoms with Crippen LogP contribution in [-0.2, 0) is 5.88 Å². The summed E-state index contributed by atoms with van der Waals surface area (Å²) in [6.07, 6.45) is 1.57. The van der Waals surface area contributed by atoms with Crippen molar-refractivity contribution in [2.75, 3.05) is 0 Å². The van der Waals surface area contributed by atoms with Gasteiger partial charge in [0.2, 0.25) is 5.88 Å². The molecule has 0 bridgehead atoms. The summed E-state index contributed by atoms with van der Waals surface area (Å²) in [6, 6.07) is 6.24. The predicted octanol–water partition coefficient (Wildman–Crippen LogP) is 5.28. The van der Waals surface area contributed by atoms with E-state index >= 15 is 0 Å². The molecule has 1 heterocycles. The number of nitrogens with zero attached hydrogens (tertiary/aromatic N) is 1. The zero-order valence-corrected chi connectivity index (χ0v) is 12.9. The van der Waals surface area contributed by atoms with Crippen molar-refractivity contribution in [1.82, 2.24) is 4.98 Å². The molecule has 2 rings (SSSR count). The van der Waals surface area contributed by atoms with Crippen LogP contribution in [0.4, 0.5) is 4.39 Å². The number of aromatic nitrogens is 1. The quantitative estimate of drug-likeness (QED) is 0.660. The van der Waals surface area contributed by atoms with Gasteiger partial charge in [-0.1, -0.05) is 15.9 Å². The predicted molar refractivity (Wildman–Crippen MR) is 75.7 cm³/mol. The number of pyridine rings is 1. The number of halogens is 4. The van der Waals surface area contributed by atoms with E-state index in [1.165, 1.54) is 12.1 Å². The molecule has 6 heteroatoms. The average Bonchev–Trinajstić information content (AvgIpc) is 2.36. The number of hydrogen-bond acceptors (Lipinski definition) is 2. The first-order chi connectivity index (χ1) is 8.60. The number of benzene rings is 1. The van der Waals surface area contributed by atoms with Gasteiger partial charge in [-0.25, -0.2) is 9.37 Å². The maximum Gasteiger partial charge on any atom is 0.223 e. The summed E-state index contributed by atoms with van der Waals surface area (Å²) in [7, 11) is 0. The van der Waals surface area contributed by atoms with Gasteiger partial charge in [-0.2, -0.15) is 0 Å². The molecule has 1 aromatic heterocycles. The first kappa shape index (κ1) is 13.8. The molecule has 0 spiro atoms. The molecule has 0 saturated carbocycles. The van der Waals surface area contributed by atoms with Gasteiger partial charge in [-0.15, -0.1) is 11.6 Å². The van der Waals surface area contributed by atoms with E-state index in [0.29, 0.717) is 11.4 Å². The molecule has 0 atom stereocenters. The summed E-state index contributed by atoms with van der Waals surface area (Å²) in [5, 5.41) is 0. The second-order valence-corrected chi connectivity index (χ2v) is 5.53. The molecule has 0 fully saturated rings. The van der Waals surface area contributed by atoms with Crippen LogP contribution in [-0.4, -0.2) is 4.98 Å². The van der Waals surface area contributed by atoms with Crippen LogP contribution in [0.1, 0.15) is 5.56 Å². The lowest BCUT2D eigenvalue weighted by Crippen LogP contribution is -1.95. The van der Waals surface area contributed by atoms with Crippen molar-refractivity contribution in [3.63, 3.8) is 0 Å². The van der Waals surface area contributed by atoms with Crippen LogP contribution in [0.15, 0.2) is 39.4 Å². The van der Waals surface area contributed by atoms with Gasteiger partial charge in [0.25, 0.3) is 0 Å². The highest BCUT2D eigenvalue weighted by Gasteiger charge is 2.10. The van der Waals surface area contributed by atoms with Gasteiger partial charge in [-0.3, -0.25) is 0 Å². The highest BCUT2D eigenvalue weighted by atomic mass is 79.9. The number of hydrogen-bond donors (Lipinski definition) is 0. The first-order valence-corrected chi connectivity index (χ1v) is 7.05. The van der Waals surface area contributed by atoms with Gasteiger partial charge < -0.3 is 4.74 Å². The minimum absolute atomic E-state index is 0.102. The molecule has 0 radical (unpaired) electrons. The summed E-state index contributed by atoms with van der Waals surface area (Å²) < 4.78 is 20.5. The molecule has 2 aromatic rings.